The van der Waals surface area contributed by atoms with Gasteiger partial charge in [0.1, 0.15) is 0 Å². The zero-order valence-electron chi connectivity index (χ0n) is 17.4. The van der Waals surface area contributed by atoms with E-state index in [1.807, 2.05) is 0 Å². The molecular formula is C22H26F2N2O4. The van der Waals surface area contributed by atoms with Crippen molar-refractivity contribution in [3.05, 3.63) is 53.6 Å². The molecule has 30 heavy (non-hydrogen) atoms. The lowest BCUT2D eigenvalue weighted by molar-refractivity contribution is -0.118. The van der Waals surface area contributed by atoms with Gasteiger partial charge in [-0.25, -0.2) is 0 Å². The molecule has 2 aromatic rings. The number of carbonyl (C=O) groups excluding carboxylic acids is 2. The Labute approximate surface area is 174 Å². The predicted molar refractivity (Wildman–Crippen MR) is 110 cm³/mol. The molecule has 0 bridgehead atoms. The minimum absolute atomic E-state index is 0.0522. The molecule has 0 fully saturated rings. The van der Waals surface area contributed by atoms with Crippen LogP contribution in [0.4, 0.5) is 14.5 Å². The first-order valence-electron chi connectivity index (χ1n) is 9.58. The summed E-state index contributed by atoms with van der Waals surface area (Å²) in [6, 6.07) is 11.2. The van der Waals surface area contributed by atoms with Crippen molar-refractivity contribution in [1.82, 2.24) is 4.90 Å². The summed E-state index contributed by atoms with van der Waals surface area (Å²) in [7, 11) is 1.64. The number of nitrogens with zero attached hydrogens (tertiary/aromatic N) is 1. The van der Waals surface area contributed by atoms with E-state index < -0.39 is 6.61 Å². The Bertz CT molecular complexity index is 870. The highest BCUT2D eigenvalue weighted by atomic mass is 19.3. The molecule has 0 aliphatic heterocycles. The normalized spacial score (nSPS) is 10.8. The van der Waals surface area contributed by atoms with E-state index in [2.05, 4.69) is 10.1 Å². The molecule has 0 saturated heterocycles. The van der Waals surface area contributed by atoms with E-state index in [0.29, 0.717) is 16.8 Å². The SMILES string of the molecule is CCOc1cc(CN(C)C(=O)c2ccc(NC(=O)C(C)C)cc2)ccc1OC(F)F. The quantitative estimate of drug-likeness (QED) is 0.646. The van der Waals surface area contributed by atoms with E-state index in [-0.39, 0.29) is 42.4 Å². The summed E-state index contributed by atoms with van der Waals surface area (Å²) < 4.78 is 34.9. The maximum atomic E-state index is 12.7. The van der Waals surface area contributed by atoms with Crippen LogP contribution in [0, 0.1) is 5.92 Å². The molecule has 162 valence electrons. The van der Waals surface area contributed by atoms with E-state index in [4.69, 9.17) is 4.74 Å². The number of benzene rings is 2. The number of hydrogen-bond donors (Lipinski definition) is 1. The number of halogens is 2. The van der Waals surface area contributed by atoms with Gasteiger partial charge in [-0.3, -0.25) is 9.59 Å². The molecule has 8 heteroatoms. The van der Waals surface area contributed by atoms with Crippen molar-refractivity contribution in [2.75, 3.05) is 19.0 Å². The van der Waals surface area contributed by atoms with Crippen molar-refractivity contribution in [3.63, 3.8) is 0 Å². The first-order chi connectivity index (χ1) is 14.2. The standard InChI is InChI=1S/C22H26F2N2O4/c1-5-29-19-12-15(6-11-18(19)30-22(23)24)13-26(4)21(28)16-7-9-17(10-8-16)25-20(27)14(2)3/h6-12,14,22H,5,13H2,1-4H3,(H,25,27). The average molecular weight is 420 g/mol. The predicted octanol–water partition coefficient (Wildman–Crippen LogP) is 4.55. The number of anilines is 1. The average Bonchev–Trinajstić information content (AvgIpc) is 2.69. The van der Waals surface area contributed by atoms with Gasteiger partial charge in [-0.15, -0.1) is 0 Å². The van der Waals surface area contributed by atoms with E-state index in [9.17, 15) is 18.4 Å². The van der Waals surface area contributed by atoms with Gasteiger partial charge < -0.3 is 19.7 Å². The van der Waals surface area contributed by atoms with Crippen LogP contribution in [0.2, 0.25) is 0 Å². The van der Waals surface area contributed by atoms with Crippen LogP contribution in [-0.2, 0) is 11.3 Å². The van der Waals surface area contributed by atoms with Crippen LogP contribution in [0.5, 0.6) is 11.5 Å². The highest BCUT2D eigenvalue weighted by Crippen LogP contribution is 2.30. The van der Waals surface area contributed by atoms with Gasteiger partial charge in [0.25, 0.3) is 5.91 Å². The number of ether oxygens (including phenoxy) is 2. The molecular weight excluding hydrogens is 394 g/mol. The number of nitrogens with one attached hydrogen (secondary N) is 1. The van der Waals surface area contributed by atoms with Gasteiger partial charge in [0.2, 0.25) is 5.91 Å². The van der Waals surface area contributed by atoms with Gasteiger partial charge in [-0.1, -0.05) is 19.9 Å². The lowest BCUT2D eigenvalue weighted by Gasteiger charge is -2.19. The van der Waals surface area contributed by atoms with Crippen LogP contribution >= 0.6 is 0 Å². The largest absolute Gasteiger partial charge is 0.490 e. The van der Waals surface area contributed by atoms with Gasteiger partial charge in [0.15, 0.2) is 11.5 Å². The minimum atomic E-state index is -2.95. The Morgan fingerprint density at radius 1 is 1.07 bits per heavy atom. The molecule has 0 atom stereocenters. The summed E-state index contributed by atoms with van der Waals surface area (Å²) in [6.07, 6.45) is 0. The fraction of sp³-hybridized carbons (Fsp3) is 0.364. The number of amides is 2. The van der Waals surface area contributed by atoms with Crippen molar-refractivity contribution >= 4 is 17.5 Å². The summed E-state index contributed by atoms with van der Waals surface area (Å²) in [5.41, 5.74) is 1.78. The summed E-state index contributed by atoms with van der Waals surface area (Å²) in [6.45, 7) is 2.92. The van der Waals surface area contributed by atoms with Crippen LogP contribution in [0.15, 0.2) is 42.5 Å². The summed E-state index contributed by atoms with van der Waals surface area (Å²) in [5.74, 6) is -0.320. The molecule has 0 radical (unpaired) electrons. The van der Waals surface area contributed by atoms with E-state index in [0.717, 1.165) is 0 Å². The van der Waals surface area contributed by atoms with Crippen molar-refractivity contribution in [2.24, 2.45) is 5.92 Å². The molecule has 0 aliphatic rings. The van der Waals surface area contributed by atoms with Gasteiger partial charge in [-0.05, 0) is 48.9 Å². The molecule has 1 N–H and O–H groups in total. The zero-order chi connectivity index (χ0) is 22.3. The van der Waals surface area contributed by atoms with E-state index in [1.165, 1.54) is 11.0 Å². The molecule has 2 rings (SSSR count). The lowest BCUT2D eigenvalue weighted by atomic mass is 10.1. The lowest BCUT2D eigenvalue weighted by Crippen LogP contribution is -2.26. The third-order valence-corrected chi connectivity index (χ3v) is 4.21. The smallest absolute Gasteiger partial charge is 0.387 e. The molecule has 0 aromatic heterocycles. The van der Waals surface area contributed by atoms with Crippen LogP contribution in [0.25, 0.3) is 0 Å². The summed E-state index contributed by atoms with van der Waals surface area (Å²) in [5, 5.41) is 2.77. The van der Waals surface area contributed by atoms with Gasteiger partial charge in [0, 0.05) is 30.8 Å². The molecule has 0 spiro atoms. The molecule has 2 amide bonds. The Hall–Kier alpha value is -3.16. The fourth-order valence-corrected chi connectivity index (χ4v) is 2.66. The van der Waals surface area contributed by atoms with Gasteiger partial charge >= 0.3 is 6.61 Å². The number of carbonyl (C=O) groups is 2. The molecule has 0 aliphatic carbocycles. The van der Waals surface area contributed by atoms with Crippen LogP contribution in [0.3, 0.4) is 0 Å². The highest BCUT2D eigenvalue weighted by molar-refractivity contribution is 5.96. The number of rotatable bonds is 9. The van der Waals surface area contributed by atoms with Gasteiger partial charge in [-0.2, -0.15) is 8.78 Å². The summed E-state index contributed by atoms with van der Waals surface area (Å²) >= 11 is 0. The topological polar surface area (TPSA) is 67.9 Å². The third-order valence-electron chi connectivity index (χ3n) is 4.21. The zero-order valence-corrected chi connectivity index (χ0v) is 17.4. The Balaban J connectivity index is 2.07. The Kier molecular flexibility index (Phi) is 8.15. The molecule has 0 heterocycles. The Morgan fingerprint density at radius 2 is 1.73 bits per heavy atom. The molecule has 2 aromatic carbocycles. The number of alkyl halides is 2. The Morgan fingerprint density at radius 3 is 2.30 bits per heavy atom. The third kappa shape index (κ3) is 6.43. The highest BCUT2D eigenvalue weighted by Gasteiger charge is 2.16. The fourth-order valence-electron chi connectivity index (χ4n) is 2.66. The second-order valence-corrected chi connectivity index (χ2v) is 6.98. The second-order valence-electron chi connectivity index (χ2n) is 6.98. The van der Waals surface area contributed by atoms with Crippen LogP contribution < -0.4 is 14.8 Å². The summed E-state index contributed by atoms with van der Waals surface area (Å²) in [4.78, 5) is 26.0. The van der Waals surface area contributed by atoms with Crippen molar-refractivity contribution in [2.45, 2.75) is 33.9 Å². The molecule has 0 unspecified atom stereocenters. The van der Waals surface area contributed by atoms with Crippen molar-refractivity contribution in [1.29, 1.82) is 0 Å². The van der Waals surface area contributed by atoms with Crippen molar-refractivity contribution < 1.29 is 27.8 Å². The van der Waals surface area contributed by atoms with Crippen LogP contribution in [0.1, 0.15) is 36.7 Å². The maximum Gasteiger partial charge on any atom is 0.387 e. The van der Waals surface area contributed by atoms with Gasteiger partial charge in [0.05, 0.1) is 6.61 Å². The van der Waals surface area contributed by atoms with Crippen molar-refractivity contribution in [3.8, 4) is 11.5 Å². The number of hydrogen-bond acceptors (Lipinski definition) is 4. The molecule has 0 saturated carbocycles. The second kappa shape index (κ2) is 10.6. The monoisotopic (exact) mass is 420 g/mol. The van der Waals surface area contributed by atoms with E-state index in [1.54, 1.807) is 64.2 Å². The van der Waals surface area contributed by atoms with E-state index >= 15 is 0 Å². The first-order valence-corrected chi connectivity index (χ1v) is 9.58. The first kappa shape index (κ1) is 23.1. The van der Waals surface area contributed by atoms with Crippen LogP contribution in [-0.4, -0.2) is 37.0 Å². The minimum Gasteiger partial charge on any atom is -0.490 e. The maximum absolute atomic E-state index is 12.7. The molecule has 6 nitrogen and oxygen atoms in total.